The van der Waals surface area contributed by atoms with Crippen LogP contribution in [0, 0.1) is 13.8 Å². The van der Waals surface area contributed by atoms with Crippen molar-refractivity contribution in [2.45, 2.75) is 27.1 Å². The lowest BCUT2D eigenvalue weighted by molar-refractivity contribution is 0.102. The van der Waals surface area contributed by atoms with E-state index in [0.717, 1.165) is 22.7 Å². The first kappa shape index (κ1) is 22.4. The number of benzene rings is 2. The fraction of sp³-hybridized carbons (Fsp3) is 0.208. The average molecular weight is 466 g/mol. The second-order valence-corrected chi connectivity index (χ2v) is 7.86. The van der Waals surface area contributed by atoms with Gasteiger partial charge in [-0.05, 0) is 49.7 Å². The van der Waals surface area contributed by atoms with Gasteiger partial charge in [0.25, 0.3) is 5.91 Å². The quantitative estimate of drug-likeness (QED) is 0.408. The molecule has 8 nitrogen and oxygen atoms in total. The molecule has 0 bridgehead atoms. The van der Waals surface area contributed by atoms with E-state index < -0.39 is 0 Å². The normalized spacial score (nSPS) is 10.8. The number of nitrogens with zero attached hydrogens (tertiary/aromatic N) is 4. The molecule has 0 radical (unpaired) electrons. The third-order valence-corrected chi connectivity index (χ3v) is 5.46. The molecular weight excluding hydrogens is 442 g/mol. The standard InChI is InChI=1S/C24H24ClN5O3/c1-16-23(17(2)30(27-16)14-18-7-6-8-19(13-18)32-3)26-24(31)21-11-12-29(28-21)15-33-22-10-5-4-9-20(22)25/h4-13H,14-15H2,1-3H3,(H,26,31). The van der Waals surface area contributed by atoms with Crippen molar-refractivity contribution in [3.8, 4) is 11.5 Å². The molecule has 1 amide bonds. The summed E-state index contributed by atoms with van der Waals surface area (Å²) in [6, 6.07) is 16.6. The number of anilines is 1. The van der Waals surface area contributed by atoms with E-state index in [4.69, 9.17) is 21.1 Å². The molecule has 0 aliphatic carbocycles. The van der Waals surface area contributed by atoms with Crippen LogP contribution in [0.3, 0.4) is 0 Å². The molecule has 33 heavy (non-hydrogen) atoms. The Bertz CT molecular complexity index is 1280. The van der Waals surface area contributed by atoms with E-state index in [1.807, 2.05) is 54.9 Å². The van der Waals surface area contributed by atoms with E-state index in [0.29, 0.717) is 23.0 Å². The SMILES string of the molecule is COc1cccc(Cn2nc(C)c(NC(=O)c3ccn(COc4ccccc4Cl)n3)c2C)c1. The Labute approximate surface area is 196 Å². The van der Waals surface area contributed by atoms with E-state index in [-0.39, 0.29) is 18.3 Å². The maximum absolute atomic E-state index is 12.8. The van der Waals surface area contributed by atoms with Crippen molar-refractivity contribution < 1.29 is 14.3 Å². The Morgan fingerprint density at radius 3 is 2.70 bits per heavy atom. The molecule has 0 saturated carbocycles. The largest absolute Gasteiger partial charge is 0.497 e. The molecule has 4 aromatic rings. The van der Waals surface area contributed by atoms with Gasteiger partial charge < -0.3 is 14.8 Å². The topological polar surface area (TPSA) is 83.2 Å². The van der Waals surface area contributed by atoms with Gasteiger partial charge in [0.05, 0.1) is 35.8 Å². The highest BCUT2D eigenvalue weighted by molar-refractivity contribution is 6.32. The zero-order valence-corrected chi connectivity index (χ0v) is 19.3. The lowest BCUT2D eigenvalue weighted by Crippen LogP contribution is -2.15. The van der Waals surface area contributed by atoms with E-state index in [1.165, 1.54) is 4.68 Å². The van der Waals surface area contributed by atoms with Crippen molar-refractivity contribution in [3.05, 3.63) is 88.5 Å². The molecular formula is C24H24ClN5O3. The number of nitrogens with one attached hydrogen (secondary N) is 1. The first-order valence-electron chi connectivity index (χ1n) is 10.3. The molecule has 2 aromatic heterocycles. The summed E-state index contributed by atoms with van der Waals surface area (Å²) in [5, 5.41) is 12.3. The number of carbonyl (C=O) groups excluding carboxylic acids is 1. The van der Waals surface area contributed by atoms with E-state index in [1.54, 1.807) is 31.5 Å². The number of amides is 1. The third-order valence-electron chi connectivity index (χ3n) is 5.15. The van der Waals surface area contributed by atoms with Gasteiger partial charge in [-0.15, -0.1) is 0 Å². The van der Waals surface area contributed by atoms with Gasteiger partial charge in [0.15, 0.2) is 12.4 Å². The van der Waals surface area contributed by atoms with Crippen molar-refractivity contribution >= 4 is 23.2 Å². The number of carbonyl (C=O) groups is 1. The maximum atomic E-state index is 12.8. The molecule has 0 aliphatic heterocycles. The number of aromatic nitrogens is 4. The van der Waals surface area contributed by atoms with Crippen molar-refractivity contribution in [1.82, 2.24) is 19.6 Å². The minimum atomic E-state index is -0.321. The van der Waals surface area contributed by atoms with E-state index >= 15 is 0 Å². The molecule has 0 atom stereocenters. The van der Waals surface area contributed by atoms with Gasteiger partial charge in [-0.3, -0.25) is 9.48 Å². The van der Waals surface area contributed by atoms with Crippen LogP contribution >= 0.6 is 11.6 Å². The third kappa shape index (κ3) is 5.18. The minimum Gasteiger partial charge on any atom is -0.497 e. The Hall–Kier alpha value is -3.78. The molecule has 0 spiro atoms. The molecule has 0 saturated heterocycles. The fourth-order valence-electron chi connectivity index (χ4n) is 3.41. The van der Waals surface area contributed by atoms with Gasteiger partial charge in [0.1, 0.15) is 11.5 Å². The summed E-state index contributed by atoms with van der Waals surface area (Å²) in [4.78, 5) is 12.8. The Morgan fingerprint density at radius 2 is 1.91 bits per heavy atom. The van der Waals surface area contributed by atoms with Crippen molar-refractivity contribution in [2.24, 2.45) is 0 Å². The molecule has 2 heterocycles. The number of hydrogen-bond donors (Lipinski definition) is 1. The predicted molar refractivity (Wildman–Crippen MR) is 126 cm³/mol. The van der Waals surface area contributed by atoms with E-state index in [9.17, 15) is 4.79 Å². The van der Waals surface area contributed by atoms with Crippen LogP contribution in [-0.2, 0) is 13.3 Å². The van der Waals surface area contributed by atoms with Gasteiger partial charge in [-0.2, -0.15) is 10.2 Å². The van der Waals surface area contributed by atoms with Crippen LogP contribution < -0.4 is 14.8 Å². The maximum Gasteiger partial charge on any atom is 0.276 e. The highest BCUT2D eigenvalue weighted by Crippen LogP contribution is 2.24. The number of halogens is 1. The Kier molecular flexibility index (Phi) is 6.65. The number of para-hydroxylation sites is 1. The monoisotopic (exact) mass is 465 g/mol. The summed E-state index contributed by atoms with van der Waals surface area (Å²) >= 11 is 6.10. The van der Waals surface area contributed by atoms with Crippen molar-refractivity contribution in [3.63, 3.8) is 0 Å². The van der Waals surface area contributed by atoms with Gasteiger partial charge in [-0.1, -0.05) is 35.9 Å². The molecule has 0 unspecified atom stereocenters. The number of methoxy groups -OCH3 is 1. The summed E-state index contributed by atoms with van der Waals surface area (Å²) in [5.41, 5.74) is 3.58. The lowest BCUT2D eigenvalue weighted by atomic mass is 10.2. The number of rotatable bonds is 8. The molecule has 0 aliphatic rings. The summed E-state index contributed by atoms with van der Waals surface area (Å²) < 4.78 is 14.3. The summed E-state index contributed by atoms with van der Waals surface area (Å²) in [5.74, 6) is 1.02. The van der Waals surface area contributed by atoms with Gasteiger partial charge in [-0.25, -0.2) is 4.68 Å². The summed E-state index contributed by atoms with van der Waals surface area (Å²) in [6.07, 6.45) is 1.68. The summed E-state index contributed by atoms with van der Waals surface area (Å²) in [7, 11) is 1.64. The molecule has 1 N–H and O–H groups in total. The van der Waals surface area contributed by atoms with Gasteiger partial charge >= 0.3 is 0 Å². The second-order valence-electron chi connectivity index (χ2n) is 7.45. The van der Waals surface area contributed by atoms with Crippen LogP contribution in [-0.4, -0.2) is 32.6 Å². The zero-order valence-electron chi connectivity index (χ0n) is 18.6. The summed E-state index contributed by atoms with van der Waals surface area (Å²) in [6.45, 7) is 4.48. The molecule has 0 fully saturated rings. The molecule has 9 heteroatoms. The second kappa shape index (κ2) is 9.79. The number of hydrogen-bond acceptors (Lipinski definition) is 5. The van der Waals surface area contributed by atoms with Crippen molar-refractivity contribution in [2.75, 3.05) is 12.4 Å². The predicted octanol–water partition coefficient (Wildman–Crippen LogP) is 4.70. The van der Waals surface area contributed by atoms with Crippen LogP contribution in [0.4, 0.5) is 5.69 Å². The lowest BCUT2D eigenvalue weighted by Gasteiger charge is -2.08. The van der Waals surface area contributed by atoms with Crippen LogP contribution in [0.25, 0.3) is 0 Å². The fourth-order valence-corrected chi connectivity index (χ4v) is 3.60. The van der Waals surface area contributed by atoms with Crippen LogP contribution in [0.2, 0.25) is 5.02 Å². The van der Waals surface area contributed by atoms with Gasteiger partial charge in [0.2, 0.25) is 0 Å². The molecule has 2 aromatic carbocycles. The zero-order chi connectivity index (χ0) is 23.4. The Balaban J connectivity index is 1.43. The van der Waals surface area contributed by atoms with Crippen LogP contribution in [0.15, 0.2) is 60.8 Å². The van der Waals surface area contributed by atoms with E-state index in [2.05, 4.69) is 15.5 Å². The molecule has 170 valence electrons. The van der Waals surface area contributed by atoms with Crippen LogP contribution in [0.5, 0.6) is 11.5 Å². The van der Waals surface area contributed by atoms with Crippen LogP contribution in [0.1, 0.15) is 27.4 Å². The smallest absolute Gasteiger partial charge is 0.276 e. The first-order valence-corrected chi connectivity index (χ1v) is 10.7. The first-order chi connectivity index (χ1) is 15.9. The highest BCUT2D eigenvalue weighted by Gasteiger charge is 2.17. The average Bonchev–Trinajstić information content (AvgIpc) is 3.39. The Morgan fingerprint density at radius 1 is 1.09 bits per heavy atom. The minimum absolute atomic E-state index is 0.132. The van der Waals surface area contributed by atoms with Gasteiger partial charge in [0, 0.05) is 6.20 Å². The van der Waals surface area contributed by atoms with Crippen molar-refractivity contribution in [1.29, 1.82) is 0 Å². The highest BCUT2D eigenvalue weighted by atomic mass is 35.5. The number of aryl methyl sites for hydroxylation is 1. The molecule has 4 rings (SSSR count). The number of ether oxygens (including phenoxy) is 2.